The Morgan fingerprint density at radius 1 is 1.24 bits per heavy atom. The van der Waals surface area contributed by atoms with Gasteiger partial charge in [-0.05, 0) is 26.2 Å². The molecule has 0 fully saturated rings. The number of carbonyl (C=O) groups is 2. The third-order valence-electron chi connectivity index (χ3n) is 2.95. The number of hydrogen-bond donors (Lipinski definition) is 1. The van der Waals surface area contributed by atoms with Crippen LogP contribution in [0.2, 0.25) is 0 Å². The smallest absolute Gasteiger partial charge is 0.243 e. The molecule has 21 heavy (non-hydrogen) atoms. The summed E-state index contributed by atoms with van der Waals surface area (Å²) in [7, 11) is 5.42. The molecule has 0 aliphatic heterocycles. The van der Waals surface area contributed by atoms with Crippen LogP contribution in [0.4, 0.5) is 5.69 Å². The summed E-state index contributed by atoms with van der Waals surface area (Å²) in [6.07, 6.45) is 0. The highest BCUT2D eigenvalue weighted by molar-refractivity contribution is 5.94. The van der Waals surface area contributed by atoms with E-state index in [0.29, 0.717) is 24.5 Å². The number of methoxy groups -OCH3 is 1. The SMILES string of the molecule is COc1cccc(NC(=O)CN(CCN(C)C)C(C)=O)c1. The molecule has 6 nitrogen and oxygen atoms in total. The van der Waals surface area contributed by atoms with Crippen molar-refractivity contribution in [3.8, 4) is 5.75 Å². The van der Waals surface area contributed by atoms with Crippen LogP contribution in [0.25, 0.3) is 0 Å². The highest BCUT2D eigenvalue weighted by atomic mass is 16.5. The van der Waals surface area contributed by atoms with Crippen LogP contribution in [0.15, 0.2) is 24.3 Å². The van der Waals surface area contributed by atoms with Crippen LogP contribution in [0, 0.1) is 0 Å². The van der Waals surface area contributed by atoms with Gasteiger partial charge in [0.1, 0.15) is 5.75 Å². The second-order valence-electron chi connectivity index (χ2n) is 5.02. The first-order chi connectivity index (χ1) is 9.92. The lowest BCUT2D eigenvalue weighted by molar-refractivity contribution is -0.132. The van der Waals surface area contributed by atoms with E-state index in [1.807, 2.05) is 19.0 Å². The van der Waals surface area contributed by atoms with Crippen LogP contribution in [0.5, 0.6) is 5.75 Å². The first kappa shape index (κ1) is 17.0. The van der Waals surface area contributed by atoms with E-state index in [1.54, 1.807) is 31.4 Å². The average Bonchev–Trinajstić information content (AvgIpc) is 2.43. The summed E-state index contributed by atoms with van der Waals surface area (Å²) in [6, 6.07) is 7.10. The number of nitrogens with zero attached hydrogens (tertiary/aromatic N) is 2. The molecule has 2 amide bonds. The van der Waals surface area contributed by atoms with Crippen molar-refractivity contribution in [1.82, 2.24) is 9.80 Å². The van der Waals surface area contributed by atoms with Gasteiger partial charge in [-0.1, -0.05) is 6.07 Å². The molecule has 0 spiro atoms. The van der Waals surface area contributed by atoms with E-state index >= 15 is 0 Å². The third kappa shape index (κ3) is 6.27. The summed E-state index contributed by atoms with van der Waals surface area (Å²) in [5.41, 5.74) is 0.649. The van der Waals surface area contributed by atoms with E-state index < -0.39 is 0 Å². The van der Waals surface area contributed by atoms with Gasteiger partial charge in [-0.15, -0.1) is 0 Å². The Hall–Kier alpha value is -2.08. The molecule has 0 aromatic heterocycles. The molecule has 1 rings (SSSR count). The van der Waals surface area contributed by atoms with Crippen molar-refractivity contribution in [2.75, 3.05) is 46.2 Å². The normalized spacial score (nSPS) is 10.3. The van der Waals surface area contributed by atoms with E-state index in [2.05, 4.69) is 5.32 Å². The van der Waals surface area contributed by atoms with E-state index in [0.717, 1.165) is 0 Å². The van der Waals surface area contributed by atoms with E-state index in [-0.39, 0.29) is 18.4 Å². The predicted molar refractivity (Wildman–Crippen MR) is 82.4 cm³/mol. The Bertz CT molecular complexity index is 489. The minimum atomic E-state index is -0.225. The number of anilines is 1. The maximum atomic E-state index is 12.0. The highest BCUT2D eigenvalue weighted by Crippen LogP contribution is 2.16. The molecule has 0 bridgehead atoms. The molecule has 0 radical (unpaired) electrons. The van der Waals surface area contributed by atoms with Gasteiger partial charge in [0.05, 0.1) is 13.7 Å². The molecule has 0 saturated heterocycles. The second kappa shape index (κ2) is 8.26. The zero-order valence-corrected chi connectivity index (χ0v) is 13.0. The Balaban J connectivity index is 2.58. The van der Waals surface area contributed by atoms with Crippen molar-refractivity contribution in [2.24, 2.45) is 0 Å². The summed E-state index contributed by atoms with van der Waals surface area (Å²) in [6.45, 7) is 2.74. The zero-order chi connectivity index (χ0) is 15.8. The van der Waals surface area contributed by atoms with Crippen LogP contribution in [-0.4, -0.2) is 62.5 Å². The Labute approximate surface area is 125 Å². The third-order valence-corrected chi connectivity index (χ3v) is 2.95. The summed E-state index contributed by atoms with van der Waals surface area (Å²) in [4.78, 5) is 27.1. The van der Waals surface area contributed by atoms with Crippen molar-refractivity contribution in [1.29, 1.82) is 0 Å². The predicted octanol–water partition coefficient (Wildman–Crippen LogP) is 1.04. The molecular formula is C15H23N3O3. The van der Waals surface area contributed by atoms with E-state index in [9.17, 15) is 9.59 Å². The lowest BCUT2D eigenvalue weighted by Gasteiger charge is -2.22. The fourth-order valence-corrected chi connectivity index (χ4v) is 1.74. The number of benzene rings is 1. The van der Waals surface area contributed by atoms with Gasteiger partial charge < -0.3 is 19.9 Å². The number of likely N-dealkylation sites (N-methyl/N-ethyl adjacent to an activating group) is 1. The van der Waals surface area contributed by atoms with Gasteiger partial charge in [0, 0.05) is 31.8 Å². The van der Waals surface area contributed by atoms with Crippen LogP contribution in [0.1, 0.15) is 6.92 Å². The second-order valence-corrected chi connectivity index (χ2v) is 5.02. The zero-order valence-electron chi connectivity index (χ0n) is 13.0. The van der Waals surface area contributed by atoms with Crippen LogP contribution in [-0.2, 0) is 9.59 Å². The molecule has 1 aromatic carbocycles. The summed E-state index contributed by atoms with van der Waals surface area (Å²) >= 11 is 0. The molecule has 0 aliphatic carbocycles. The van der Waals surface area contributed by atoms with Crippen molar-refractivity contribution in [3.05, 3.63) is 24.3 Å². The summed E-state index contributed by atoms with van der Waals surface area (Å²) in [5, 5.41) is 2.76. The minimum Gasteiger partial charge on any atom is -0.497 e. The molecule has 1 N–H and O–H groups in total. The van der Waals surface area contributed by atoms with E-state index in [4.69, 9.17) is 4.74 Å². The maximum absolute atomic E-state index is 12.0. The fraction of sp³-hybridized carbons (Fsp3) is 0.467. The van der Waals surface area contributed by atoms with Crippen LogP contribution < -0.4 is 10.1 Å². The molecule has 0 saturated carbocycles. The Kier molecular flexibility index (Phi) is 6.68. The molecule has 0 heterocycles. The van der Waals surface area contributed by atoms with Crippen molar-refractivity contribution >= 4 is 17.5 Å². The van der Waals surface area contributed by atoms with Gasteiger partial charge >= 0.3 is 0 Å². The standard InChI is InChI=1S/C15H23N3O3/c1-12(19)18(9-8-17(2)3)11-15(20)16-13-6-5-7-14(10-13)21-4/h5-7,10H,8-9,11H2,1-4H3,(H,16,20). The molecule has 0 atom stereocenters. The van der Waals surface area contributed by atoms with Gasteiger partial charge in [-0.25, -0.2) is 0 Å². The maximum Gasteiger partial charge on any atom is 0.243 e. The minimum absolute atomic E-state index is 0.0420. The van der Waals surface area contributed by atoms with Gasteiger partial charge in [0.2, 0.25) is 11.8 Å². The van der Waals surface area contributed by atoms with Crippen molar-refractivity contribution in [3.63, 3.8) is 0 Å². The van der Waals surface area contributed by atoms with Crippen molar-refractivity contribution in [2.45, 2.75) is 6.92 Å². The number of ether oxygens (including phenoxy) is 1. The van der Waals surface area contributed by atoms with E-state index in [1.165, 1.54) is 11.8 Å². The van der Waals surface area contributed by atoms with Crippen LogP contribution in [0.3, 0.4) is 0 Å². The van der Waals surface area contributed by atoms with Gasteiger partial charge in [-0.2, -0.15) is 0 Å². The number of hydrogen-bond acceptors (Lipinski definition) is 4. The fourth-order valence-electron chi connectivity index (χ4n) is 1.74. The summed E-state index contributed by atoms with van der Waals surface area (Å²) < 4.78 is 5.10. The molecule has 116 valence electrons. The van der Waals surface area contributed by atoms with Gasteiger partial charge in [-0.3, -0.25) is 9.59 Å². The quantitative estimate of drug-likeness (QED) is 0.816. The topological polar surface area (TPSA) is 61.9 Å². The number of carbonyl (C=O) groups excluding carboxylic acids is 2. The Morgan fingerprint density at radius 2 is 1.95 bits per heavy atom. The number of amides is 2. The first-order valence-electron chi connectivity index (χ1n) is 6.76. The van der Waals surface area contributed by atoms with Crippen molar-refractivity contribution < 1.29 is 14.3 Å². The highest BCUT2D eigenvalue weighted by Gasteiger charge is 2.14. The molecule has 1 aromatic rings. The molecular weight excluding hydrogens is 270 g/mol. The van der Waals surface area contributed by atoms with Gasteiger partial charge in [0.15, 0.2) is 0 Å². The van der Waals surface area contributed by atoms with Crippen LogP contribution >= 0.6 is 0 Å². The van der Waals surface area contributed by atoms with Gasteiger partial charge in [0.25, 0.3) is 0 Å². The lowest BCUT2D eigenvalue weighted by atomic mass is 10.3. The number of nitrogens with one attached hydrogen (secondary N) is 1. The number of rotatable bonds is 7. The molecule has 0 unspecified atom stereocenters. The Morgan fingerprint density at radius 3 is 2.52 bits per heavy atom. The average molecular weight is 293 g/mol. The first-order valence-corrected chi connectivity index (χ1v) is 6.76. The lowest BCUT2D eigenvalue weighted by Crippen LogP contribution is -2.40. The monoisotopic (exact) mass is 293 g/mol. The molecule has 6 heteroatoms. The summed E-state index contributed by atoms with van der Waals surface area (Å²) in [5.74, 6) is 0.332. The molecule has 0 aliphatic rings. The largest absolute Gasteiger partial charge is 0.497 e.